The second kappa shape index (κ2) is 7.83. The van der Waals surface area contributed by atoms with Crippen molar-refractivity contribution in [3.05, 3.63) is 46.4 Å². The summed E-state index contributed by atoms with van der Waals surface area (Å²) in [6, 6.07) is 0. The number of fused-ring (bicyclic) bond motifs is 5. The number of esters is 1. The molecule has 7 nitrogen and oxygen atoms in total. The van der Waals surface area contributed by atoms with E-state index in [9.17, 15) is 14.7 Å². The molecule has 174 valence electrons. The number of hydrogen-bond donors (Lipinski definition) is 1. The van der Waals surface area contributed by atoms with Gasteiger partial charge in [0.15, 0.2) is 5.79 Å². The minimum absolute atomic E-state index is 0.0201. The average molecular weight is 465 g/mol. The van der Waals surface area contributed by atoms with E-state index in [1.807, 2.05) is 19.9 Å². The molecule has 8 heteroatoms. The van der Waals surface area contributed by atoms with Crippen molar-refractivity contribution in [2.24, 2.45) is 23.7 Å². The summed E-state index contributed by atoms with van der Waals surface area (Å²) in [4.78, 5) is 26.6. The van der Waals surface area contributed by atoms with E-state index >= 15 is 0 Å². The van der Waals surface area contributed by atoms with Gasteiger partial charge in [0.1, 0.15) is 23.4 Å². The number of carbonyl (C=O) groups excluding carboxylic acids is 2. The number of halogens is 1. The Bertz CT molecular complexity index is 977. The fourth-order valence-corrected chi connectivity index (χ4v) is 5.46. The van der Waals surface area contributed by atoms with Crippen LogP contribution >= 0.6 is 11.6 Å². The van der Waals surface area contributed by atoms with Crippen molar-refractivity contribution in [3.63, 3.8) is 0 Å². The van der Waals surface area contributed by atoms with Crippen LogP contribution in [-0.2, 0) is 28.5 Å². The Morgan fingerprint density at radius 3 is 2.56 bits per heavy atom. The van der Waals surface area contributed by atoms with Crippen molar-refractivity contribution < 1.29 is 33.6 Å². The molecule has 3 heterocycles. The van der Waals surface area contributed by atoms with Gasteiger partial charge in [-0.1, -0.05) is 31.5 Å². The van der Waals surface area contributed by atoms with Crippen LogP contribution in [0.5, 0.6) is 0 Å². The first-order valence-corrected chi connectivity index (χ1v) is 11.2. The molecule has 0 radical (unpaired) electrons. The third-order valence-corrected chi connectivity index (χ3v) is 7.79. The average Bonchev–Trinajstić information content (AvgIpc) is 3.05. The number of rotatable bonds is 4. The predicted molar refractivity (Wildman–Crippen MR) is 116 cm³/mol. The zero-order valence-electron chi connectivity index (χ0n) is 19.0. The molecule has 2 fully saturated rings. The number of allylic oxidation sites excluding steroid dienone is 3. The van der Waals surface area contributed by atoms with Crippen LogP contribution in [0.3, 0.4) is 0 Å². The fraction of sp³-hybridized carbons (Fsp3) is 0.583. The molecule has 0 spiro atoms. The lowest BCUT2D eigenvalue weighted by atomic mass is 9.65. The topological polar surface area (TPSA) is 91.3 Å². The van der Waals surface area contributed by atoms with Gasteiger partial charge in [-0.05, 0) is 32.9 Å². The summed E-state index contributed by atoms with van der Waals surface area (Å²) in [5, 5.41) is 9.72. The molecule has 0 aromatic heterocycles. The zero-order chi connectivity index (χ0) is 23.6. The maximum Gasteiger partial charge on any atom is 0.315 e. The molecule has 32 heavy (non-hydrogen) atoms. The standard InChI is InChI=1S/C24H29ClO7/c1-11(13(3)26)7-8-15-9-16-17(10-30-15)18-19-22(28)31-14(4)12(2)24(19,29-6)32-23(18,5)21(27)20(16)25/h7-14,18-19,26H,1-6H3/b8-7+/t11-,12-,13-,14-,18-,19+,23+,24-/m1/s1. The quantitative estimate of drug-likeness (QED) is 0.637. The highest BCUT2D eigenvalue weighted by Gasteiger charge is 2.73. The molecule has 0 amide bonds. The highest BCUT2D eigenvalue weighted by Crippen LogP contribution is 2.61. The normalized spacial score (nSPS) is 40.6. The molecule has 0 bridgehead atoms. The van der Waals surface area contributed by atoms with Gasteiger partial charge in [-0.25, -0.2) is 0 Å². The van der Waals surface area contributed by atoms with E-state index < -0.39 is 47.2 Å². The van der Waals surface area contributed by atoms with Crippen LogP contribution in [0.2, 0.25) is 0 Å². The number of ketones is 1. The largest absolute Gasteiger partial charge is 0.465 e. The molecule has 1 N–H and O–H groups in total. The molecule has 4 aliphatic rings. The Morgan fingerprint density at radius 1 is 1.25 bits per heavy atom. The number of cyclic esters (lactones) is 1. The minimum Gasteiger partial charge on any atom is -0.465 e. The van der Waals surface area contributed by atoms with Gasteiger partial charge in [0.2, 0.25) is 5.78 Å². The third kappa shape index (κ3) is 3.13. The van der Waals surface area contributed by atoms with Crippen LogP contribution in [0.4, 0.5) is 0 Å². The van der Waals surface area contributed by atoms with E-state index in [0.29, 0.717) is 16.9 Å². The summed E-state index contributed by atoms with van der Waals surface area (Å²) in [5.74, 6) is -3.68. The lowest BCUT2D eigenvalue weighted by molar-refractivity contribution is -0.298. The lowest BCUT2D eigenvalue weighted by Gasteiger charge is -2.44. The van der Waals surface area contributed by atoms with Crippen molar-refractivity contribution in [1.82, 2.24) is 0 Å². The van der Waals surface area contributed by atoms with Crippen LogP contribution in [-0.4, -0.2) is 47.6 Å². The highest BCUT2D eigenvalue weighted by molar-refractivity contribution is 6.45. The van der Waals surface area contributed by atoms with Gasteiger partial charge in [-0.2, -0.15) is 0 Å². The first kappa shape index (κ1) is 23.2. The van der Waals surface area contributed by atoms with Crippen LogP contribution < -0.4 is 0 Å². The maximum absolute atomic E-state index is 13.5. The summed E-state index contributed by atoms with van der Waals surface area (Å²) >= 11 is 6.55. The zero-order valence-corrected chi connectivity index (χ0v) is 19.8. The molecule has 8 atom stereocenters. The first-order valence-electron chi connectivity index (χ1n) is 10.8. The molecule has 2 saturated heterocycles. The summed E-state index contributed by atoms with van der Waals surface area (Å²) in [6.45, 7) is 8.89. The van der Waals surface area contributed by atoms with E-state index in [1.165, 1.54) is 13.4 Å². The number of aliphatic hydroxyl groups excluding tert-OH is 1. The molecule has 3 aliphatic heterocycles. The van der Waals surface area contributed by atoms with Crippen LogP contribution in [0.25, 0.3) is 0 Å². The van der Waals surface area contributed by atoms with Gasteiger partial charge in [0, 0.05) is 36.0 Å². The van der Waals surface area contributed by atoms with E-state index in [0.717, 1.165) is 0 Å². The second-order valence-electron chi connectivity index (χ2n) is 9.27. The Kier molecular flexibility index (Phi) is 5.69. The van der Waals surface area contributed by atoms with Gasteiger partial charge in [-0.3, -0.25) is 9.59 Å². The number of methoxy groups -OCH3 is 1. The number of ether oxygens (including phenoxy) is 4. The Labute approximate surface area is 192 Å². The number of aliphatic hydroxyl groups is 1. The summed E-state index contributed by atoms with van der Waals surface area (Å²) < 4.78 is 23.6. The van der Waals surface area contributed by atoms with Gasteiger partial charge < -0.3 is 24.1 Å². The molecule has 1 aliphatic carbocycles. The third-order valence-electron chi connectivity index (χ3n) is 7.41. The molecule has 4 rings (SSSR count). The van der Waals surface area contributed by atoms with Gasteiger partial charge >= 0.3 is 5.97 Å². The minimum atomic E-state index is -1.41. The SMILES string of the molecule is CO[C@]12O[C@]3(C)C(=O)C(Cl)=C4C=C(/C=C/[C@@H](C)[C@@H](C)O)OC=C4[C@@H]3[C@H]1C(=O)O[C@H](C)[C@H]2C. The van der Waals surface area contributed by atoms with Crippen molar-refractivity contribution in [1.29, 1.82) is 0 Å². The van der Waals surface area contributed by atoms with E-state index in [2.05, 4.69) is 0 Å². The molecule has 0 saturated carbocycles. The number of Topliss-reactive ketones (excluding diaryl/α,β-unsaturated/α-hetero) is 1. The fourth-order valence-electron chi connectivity index (χ4n) is 5.11. The van der Waals surface area contributed by atoms with E-state index in [4.69, 9.17) is 30.5 Å². The molecular formula is C24H29ClO7. The summed E-state index contributed by atoms with van der Waals surface area (Å²) in [5.41, 5.74) is -0.319. The Morgan fingerprint density at radius 2 is 1.94 bits per heavy atom. The maximum atomic E-state index is 13.5. The van der Waals surface area contributed by atoms with Gasteiger partial charge in [0.05, 0.1) is 17.4 Å². The number of carbonyl (C=O) groups is 2. The van der Waals surface area contributed by atoms with Crippen molar-refractivity contribution in [2.45, 2.75) is 58.2 Å². The summed E-state index contributed by atoms with van der Waals surface area (Å²) in [6.07, 6.45) is 5.78. The van der Waals surface area contributed by atoms with Crippen molar-refractivity contribution >= 4 is 23.4 Å². The molecular weight excluding hydrogens is 436 g/mol. The van der Waals surface area contributed by atoms with Gasteiger partial charge in [-0.15, -0.1) is 0 Å². The molecule has 0 unspecified atom stereocenters. The summed E-state index contributed by atoms with van der Waals surface area (Å²) in [7, 11) is 1.48. The van der Waals surface area contributed by atoms with Gasteiger partial charge in [0.25, 0.3) is 0 Å². The predicted octanol–water partition coefficient (Wildman–Crippen LogP) is 3.38. The highest BCUT2D eigenvalue weighted by atomic mass is 35.5. The molecule has 0 aromatic rings. The Balaban J connectivity index is 1.79. The molecule has 0 aromatic carbocycles. The monoisotopic (exact) mass is 464 g/mol. The van der Waals surface area contributed by atoms with E-state index in [1.54, 1.807) is 32.9 Å². The second-order valence-corrected chi connectivity index (χ2v) is 9.65. The first-order chi connectivity index (χ1) is 15.0. The number of hydrogen-bond acceptors (Lipinski definition) is 7. The van der Waals surface area contributed by atoms with Crippen molar-refractivity contribution in [2.75, 3.05) is 7.11 Å². The van der Waals surface area contributed by atoms with Crippen molar-refractivity contribution in [3.8, 4) is 0 Å². The smallest absolute Gasteiger partial charge is 0.315 e. The Hall–Kier alpha value is -1.93. The van der Waals surface area contributed by atoms with Crippen LogP contribution in [0.15, 0.2) is 46.4 Å². The van der Waals surface area contributed by atoms with E-state index in [-0.39, 0.29) is 16.9 Å². The van der Waals surface area contributed by atoms with Crippen LogP contribution in [0, 0.1) is 23.7 Å². The lowest BCUT2D eigenvalue weighted by Crippen LogP contribution is -2.57. The van der Waals surface area contributed by atoms with Crippen LogP contribution in [0.1, 0.15) is 34.6 Å².